The minimum absolute atomic E-state index is 0.155. The Morgan fingerprint density at radius 3 is 2.48 bits per heavy atom. The first-order valence-electron chi connectivity index (χ1n) is 9.14. The van der Waals surface area contributed by atoms with Gasteiger partial charge in [0.25, 0.3) is 0 Å². The molecule has 0 aromatic heterocycles. The molecular weight excluding hydrogens is 327 g/mol. The molecule has 0 spiro atoms. The molecule has 4 aliphatic rings. The van der Waals surface area contributed by atoms with Gasteiger partial charge < -0.3 is 0 Å². The maximum atomic E-state index is 12.1. The van der Waals surface area contributed by atoms with Gasteiger partial charge in [-0.25, -0.2) is 0 Å². The number of carbonyl (C=O) groups excluding carboxylic acids is 1. The molecule has 1 nitrogen and oxygen atoms in total. The van der Waals surface area contributed by atoms with Gasteiger partial charge in [0, 0.05) is 12.0 Å². The molecule has 3 unspecified atom stereocenters. The first-order chi connectivity index (χ1) is 10.9. The highest BCUT2D eigenvalue weighted by Crippen LogP contribution is 2.67. The van der Waals surface area contributed by atoms with Gasteiger partial charge in [-0.2, -0.15) is 0 Å². The number of carbonyl (C=O) groups is 1. The quantitative estimate of drug-likeness (QED) is 0.506. The van der Waals surface area contributed by atoms with Crippen LogP contribution in [0.15, 0.2) is 21.7 Å². The molecule has 0 radical (unpaired) electrons. The zero-order chi connectivity index (χ0) is 16.4. The summed E-state index contributed by atoms with van der Waals surface area (Å²) < 4.78 is 0. The molecule has 3 fully saturated rings. The van der Waals surface area contributed by atoms with Crippen molar-refractivity contribution in [3.05, 3.63) is 21.7 Å². The zero-order valence-electron chi connectivity index (χ0n) is 14.1. The molecule has 0 saturated heterocycles. The van der Waals surface area contributed by atoms with Gasteiger partial charge in [0.15, 0.2) is 5.78 Å². The van der Waals surface area contributed by atoms with Crippen LogP contribution in [0, 0.1) is 28.6 Å². The molecule has 23 heavy (non-hydrogen) atoms. The van der Waals surface area contributed by atoms with Crippen molar-refractivity contribution < 1.29 is 4.79 Å². The second kappa shape index (κ2) is 5.36. The Balaban J connectivity index is 1.72. The molecule has 4 rings (SSSR count). The Morgan fingerprint density at radius 2 is 1.74 bits per heavy atom. The SMILES string of the molecule is C[C@]12CCC(=O)C(Cl)=C1CCC1C2CC[C@]2(C)/C(=C/Cl)CCC12. The van der Waals surface area contributed by atoms with Crippen LogP contribution in [0.5, 0.6) is 0 Å². The van der Waals surface area contributed by atoms with E-state index >= 15 is 0 Å². The Labute approximate surface area is 149 Å². The predicted octanol–water partition coefficient (Wildman–Crippen LogP) is 6.21. The van der Waals surface area contributed by atoms with Crippen LogP contribution >= 0.6 is 23.2 Å². The van der Waals surface area contributed by atoms with Crippen LogP contribution in [0.4, 0.5) is 0 Å². The molecule has 126 valence electrons. The number of fused-ring (bicyclic) bond motifs is 5. The lowest BCUT2D eigenvalue weighted by atomic mass is 9.47. The van der Waals surface area contributed by atoms with Crippen LogP contribution in [-0.2, 0) is 4.79 Å². The summed E-state index contributed by atoms with van der Waals surface area (Å²) in [6, 6.07) is 0. The predicted molar refractivity (Wildman–Crippen MR) is 95.4 cm³/mol. The van der Waals surface area contributed by atoms with Crippen molar-refractivity contribution in [2.75, 3.05) is 0 Å². The normalized spacial score (nSPS) is 48.3. The first kappa shape index (κ1) is 16.2. The summed E-state index contributed by atoms with van der Waals surface area (Å²) >= 11 is 12.6. The van der Waals surface area contributed by atoms with Crippen molar-refractivity contribution in [1.29, 1.82) is 0 Å². The van der Waals surface area contributed by atoms with E-state index < -0.39 is 0 Å². The third-order valence-corrected chi connectivity index (χ3v) is 8.74. The second-order valence-electron chi connectivity index (χ2n) is 8.68. The summed E-state index contributed by atoms with van der Waals surface area (Å²) in [6.07, 6.45) is 8.82. The summed E-state index contributed by atoms with van der Waals surface area (Å²) in [4.78, 5) is 12.1. The summed E-state index contributed by atoms with van der Waals surface area (Å²) in [7, 11) is 0. The van der Waals surface area contributed by atoms with Crippen molar-refractivity contribution in [3.63, 3.8) is 0 Å². The van der Waals surface area contributed by atoms with E-state index in [2.05, 4.69) is 13.8 Å². The average Bonchev–Trinajstić information content (AvgIpc) is 2.88. The van der Waals surface area contributed by atoms with Gasteiger partial charge in [0.05, 0.1) is 5.03 Å². The number of hydrogen-bond donors (Lipinski definition) is 0. The lowest BCUT2D eigenvalue weighted by Gasteiger charge is -2.57. The number of ketones is 1. The third-order valence-electron chi connectivity index (χ3n) is 8.03. The van der Waals surface area contributed by atoms with E-state index in [4.69, 9.17) is 23.2 Å². The van der Waals surface area contributed by atoms with Crippen molar-refractivity contribution in [3.8, 4) is 0 Å². The van der Waals surface area contributed by atoms with Crippen LogP contribution in [-0.4, -0.2) is 5.78 Å². The highest BCUT2D eigenvalue weighted by atomic mass is 35.5. The Bertz CT molecular complexity index is 619. The van der Waals surface area contributed by atoms with Crippen molar-refractivity contribution >= 4 is 29.0 Å². The highest BCUT2D eigenvalue weighted by molar-refractivity contribution is 6.43. The summed E-state index contributed by atoms with van der Waals surface area (Å²) in [5.74, 6) is 2.41. The fraction of sp³-hybridized carbons (Fsp3) is 0.750. The van der Waals surface area contributed by atoms with Gasteiger partial charge in [-0.15, -0.1) is 0 Å². The maximum absolute atomic E-state index is 12.1. The summed E-state index contributed by atoms with van der Waals surface area (Å²) in [6.45, 7) is 4.84. The summed E-state index contributed by atoms with van der Waals surface area (Å²) in [5, 5.41) is 0.582. The van der Waals surface area contributed by atoms with E-state index in [1.54, 1.807) is 0 Å². The fourth-order valence-corrected chi connectivity index (χ4v) is 7.44. The molecule has 3 heteroatoms. The van der Waals surface area contributed by atoms with Crippen molar-refractivity contribution in [1.82, 2.24) is 0 Å². The van der Waals surface area contributed by atoms with Gasteiger partial charge in [0.2, 0.25) is 0 Å². The van der Waals surface area contributed by atoms with Gasteiger partial charge in [-0.3, -0.25) is 4.79 Å². The molecule has 0 aromatic rings. The number of Topliss-reactive ketones (excluding diaryl/α,β-unsaturated/α-hetero) is 1. The van der Waals surface area contributed by atoms with E-state index in [1.165, 1.54) is 43.3 Å². The Morgan fingerprint density at radius 1 is 1.00 bits per heavy atom. The van der Waals surface area contributed by atoms with Crippen LogP contribution in [0.25, 0.3) is 0 Å². The zero-order valence-corrected chi connectivity index (χ0v) is 15.6. The standard InChI is InChI=1S/C20H26Cl2O/c1-19-9-7-15-13(14(19)5-3-12(19)11-21)4-6-16-18(22)17(23)8-10-20(15,16)2/h11,13-15H,3-10H2,1-2H3/b12-11+/t13?,14?,15?,19-,20-/m1/s1. The molecular formula is C20H26Cl2O. The molecule has 4 aliphatic carbocycles. The van der Waals surface area contributed by atoms with Crippen LogP contribution in [0.3, 0.4) is 0 Å². The van der Waals surface area contributed by atoms with Gasteiger partial charge in [-0.1, -0.05) is 42.6 Å². The Kier molecular flexibility index (Phi) is 3.78. The molecule has 0 bridgehead atoms. The monoisotopic (exact) mass is 352 g/mol. The molecule has 0 amide bonds. The van der Waals surface area contributed by atoms with Crippen LogP contribution in [0.2, 0.25) is 0 Å². The molecule has 3 saturated carbocycles. The molecule has 5 atom stereocenters. The first-order valence-corrected chi connectivity index (χ1v) is 9.95. The van der Waals surface area contributed by atoms with Crippen LogP contribution < -0.4 is 0 Å². The largest absolute Gasteiger partial charge is 0.293 e. The number of halogens is 2. The topological polar surface area (TPSA) is 17.1 Å². The molecule has 0 N–H and O–H groups in total. The van der Waals surface area contributed by atoms with Gasteiger partial charge in [0.1, 0.15) is 0 Å². The summed E-state index contributed by atoms with van der Waals surface area (Å²) in [5.41, 5.74) is 5.10. The second-order valence-corrected chi connectivity index (χ2v) is 9.27. The van der Waals surface area contributed by atoms with Crippen LogP contribution in [0.1, 0.15) is 65.2 Å². The van der Waals surface area contributed by atoms with E-state index in [9.17, 15) is 4.79 Å². The average molecular weight is 353 g/mol. The number of hydrogen-bond acceptors (Lipinski definition) is 1. The highest BCUT2D eigenvalue weighted by Gasteiger charge is 2.58. The maximum Gasteiger partial charge on any atom is 0.174 e. The number of allylic oxidation sites excluding steroid dienone is 2. The van der Waals surface area contributed by atoms with E-state index in [-0.39, 0.29) is 11.2 Å². The van der Waals surface area contributed by atoms with Crippen molar-refractivity contribution in [2.24, 2.45) is 28.6 Å². The van der Waals surface area contributed by atoms with Gasteiger partial charge >= 0.3 is 0 Å². The third kappa shape index (κ3) is 2.08. The van der Waals surface area contributed by atoms with Crippen molar-refractivity contribution in [2.45, 2.75) is 65.2 Å². The van der Waals surface area contributed by atoms with E-state index in [0.717, 1.165) is 24.7 Å². The smallest absolute Gasteiger partial charge is 0.174 e. The minimum Gasteiger partial charge on any atom is -0.293 e. The fourth-order valence-electron chi connectivity index (χ4n) is 6.68. The number of rotatable bonds is 0. The lowest BCUT2D eigenvalue weighted by molar-refractivity contribution is -0.117. The van der Waals surface area contributed by atoms with E-state index in [1.807, 2.05) is 5.54 Å². The minimum atomic E-state index is 0.155. The van der Waals surface area contributed by atoms with Gasteiger partial charge in [-0.05, 0) is 79.1 Å². The Hall–Kier alpha value is -0.270. The lowest BCUT2D eigenvalue weighted by Crippen LogP contribution is -2.50. The van der Waals surface area contributed by atoms with E-state index in [0.29, 0.717) is 22.8 Å². The molecule has 0 aromatic carbocycles. The molecule has 0 heterocycles. The molecule has 0 aliphatic heterocycles.